The minimum absolute atomic E-state index is 0.198. The molecule has 0 saturated carbocycles. The van der Waals surface area contributed by atoms with Crippen LogP contribution in [0, 0.1) is 0 Å². The highest BCUT2D eigenvalue weighted by molar-refractivity contribution is 5.82. The molecule has 1 rings (SSSR count). The van der Waals surface area contributed by atoms with Crippen LogP contribution in [0.15, 0.2) is 18.3 Å². The third-order valence-corrected chi connectivity index (χ3v) is 2.67. The summed E-state index contributed by atoms with van der Waals surface area (Å²) in [4.78, 5) is 26.6. The van der Waals surface area contributed by atoms with Gasteiger partial charge in [-0.2, -0.15) is 0 Å². The quantitative estimate of drug-likeness (QED) is 0.640. The molecule has 2 amide bonds. The van der Waals surface area contributed by atoms with E-state index in [0.29, 0.717) is 5.88 Å². The topological polar surface area (TPSA) is 110 Å². The first-order chi connectivity index (χ1) is 10.1. The molecule has 8 nitrogen and oxygen atoms in total. The summed E-state index contributed by atoms with van der Waals surface area (Å²) in [7, 11) is 2.98. The number of aromatic nitrogens is 1. The Labute approximate surface area is 122 Å². The molecule has 1 aromatic heterocycles. The van der Waals surface area contributed by atoms with Crippen molar-refractivity contribution >= 4 is 12.0 Å². The zero-order valence-electron chi connectivity index (χ0n) is 12.0. The minimum atomic E-state index is -1.10. The van der Waals surface area contributed by atoms with Crippen LogP contribution in [-0.2, 0) is 16.1 Å². The number of carbonyl (C=O) groups is 2. The molecular formula is C13H19N3O5. The summed E-state index contributed by atoms with van der Waals surface area (Å²) in [6.07, 6.45) is 1.77. The van der Waals surface area contributed by atoms with Gasteiger partial charge in [0.15, 0.2) is 0 Å². The standard InChI is InChI=1S/C13H19N3O5/c1-20-6-5-10(12(17)18)16-13(19)15-8-9-3-4-11(21-2)14-7-9/h3-4,7,10H,5-6,8H2,1-2H3,(H,17,18)(H2,15,16,19). The van der Waals surface area contributed by atoms with Crippen LogP contribution in [-0.4, -0.2) is 49.0 Å². The number of carbonyl (C=O) groups excluding carboxylic acids is 1. The third-order valence-electron chi connectivity index (χ3n) is 2.67. The summed E-state index contributed by atoms with van der Waals surface area (Å²) in [6, 6.07) is 1.88. The highest BCUT2D eigenvalue weighted by Gasteiger charge is 2.19. The molecule has 1 aromatic rings. The van der Waals surface area contributed by atoms with E-state index in [1.165, 1.54) is 14.2 Å². The molecule has 8 heteroatoms. The van der Waals surface area contributed by atoms with Crippen molar-refractivity contribution in [1.82, 2.24) is 15.6 Å². The van der Waals surface area contributed by atoms with Crippen molar-refractivity contribution in [2.75, 3.05) is 20.8 Å². The highest BCUT2D eigenvalue weighted by Crippen LogP contribution is 2.06. The molecule has 1 heterocycles. The summed E-state index contributed by atoms with van der Waals surface area (Å²) < 4.78 is 9.72. The second-order valence-electron chi connectivity index (χ2n) is 4.21. The number of amides is 2. The monoisotopic (exact) mass is 297 g/mol. The summed E-state index contributed by atoms with van der Waals surface area (Å²) in [6.45, 7) is 0.485. The lowest BCUT2D eigenvalue weighted by atomic mass is 10.2. The number of carboxylic acid groups (broad SMARTS) is 1. The van der Waals surface area contributed by atoms with Crippen LogP contribution < -0.4 is 15.4 Å². The lowest BCUT2D eigenvalue weighted by Gasteiger charge is -2.14. The SMILES string of the molecule is COCCC(NC(=O)NCc1ccc(OC)nc1)C(=O)O. The summed E-state index contributed by atoms with van der Waals surface area (Å²) >= 11 is 0. The lowest BCUT2D eigenvalue weighted by molar-refractivity contribution is -0.139. The molecule has 0 aliphatic heterocycles. The van der Waals surface area contributed by atoms with Crippen LogP contribution in [0.25, 0.3) is 0 Å². The molecule has 1 unspecified atom stereocenters. The molecule has 0 saturated heterocycles. The van der Waals surface area contributed by atoms with Crippen molar-refractivity contribution in [2.24, 2.45) is 0 Å². The van der Waals surface area contributed by atoms with Gasteiger partial charge >= 0.3 is 12.0 Å². The van der Waals surface area contributed by atoms with Crippen LogP contribution >= 0.6 is 0 Å². The van der Waals surface area contributed by atoms with Crippen LogP contribution in [0.5, 0.6) is 5.88 Å². The van der Waals surface area contributed by atoms with Crippen LogP contribution in [0.3, 0.4) is 0 Å². The van der Waals surface area contributed by atoms with Crippen molar-refractivity contribution in [3.63, 3.8) is 0 Å². The van der Waals surface area contributed by atoms with Gasteiger partial charge in [-0.15, -0.1) is 0 Å². The molecule has 0 fully saturated rings. The van der Waals surface area contributed by atoms with E-state index in [1.54, 1.807) is 18.3 Å². The fraction of sp³-hybridized carbons (Fsp3) is 0.462. The number of hydrogen-bond acceptors (Lipinski definition) is 5. The smallest absolute Gasteiger partial charge is 0.326 e. The van der Waals surface area contributed by atoms with Gasteiger partial charge in [0, 0.05) is 38.9 Å². The Morgan fingerprint density at radius 1 is 1.38 bits per heavy atom. The number of carboxylic acids is 1. The summed E-state index contributed by atoms with van der Waals surface area (Å²) in [5.74, 6) is -0.623. The van der Waals surface area contributed by atoms with E-state index in [0.717, 1.165) is 5.56 Å². The average Bonchev–Trinajstić information content (AvgIpc) is 2.49. The van der Waals surface area contributed by atoms with E-state index in [9.17, 15) is 9.59 Å². The number of nitrogens with one attached hydrogen (secondary N) is 2. The third kappa shape index (κ3) is 6.09. The van der Waals surface area contributed by atoms with Crippen molar-refractivity contribution in [2.45, 2.75) is 19.0 Å². The van der Waals surface area contributed by atoms with Crippen LogP contribution in [0.4, 0.5) is 4.79 Å². The predicted molar refractivity (Wildman–Crippen MR) is 74.1 cm³/mol. The van der Waals surface area contributed by atoms with Gasteiger partial charge in [-0.3, -0.25) is 0 Å². The van der Waals surface area contributed by atoms with Gasteiger partial charge in [0.1, 0.15) is 6.04 Å². The number of methoxy groups -OCH3 is 2. The summed E-state index contributed by atoms with van der Waals surface area (Å²) in [5, 5.41) is 13.9. The number of pyridine rings is 1. The second-order valence-corrected chi connectivity index (χ2v) is 4.21. The zero-order valence-corrected chi connectivity index (χ0v) is 12.0. The Kier molecular flexibility index (Phi) is 6.96. The minimum Gasteiger partial charge on any atom is -0.481 e. The average molecular weight is 297 g/mol. The maximum absolute atomic E-state index is 11.6. The highest BCUT2D eigenvalue weighted by atomic mass is 16.5. The number of urea groups is 1. The number of hydrogen-bond donors (Lipinski definition) is 3. The van der Waals surface area contributed by atoms with Crippen molar-refractivity contribution in [3.8, 4) is 5.88 Å². The Bertz CT molecular complexity index is 463. The van der Waals surface area contributed by atoms with Gasteiger partial charge in [-0.1, -0.05) is 6.07 Å². The molecule has 21 heavy (non-hydrogen) atoms. The molecule has 1 atom stereocenters. The largest absolute Gasteiger partial charge is 0.481 e. The van der Waals surface area contributed by atoms with E-state index in [1.807, 2.05) is 0 Å². The van der Waals surface area contributed by atoms with Crippen LogP contribution in [0.2, 0.25) is 0 Å². The molecule has 3 N–H and O–H groups in total. The van der Waals surface area contributed by atoms with E-state index < -0.39 is 18.0 Å². The van der Waals surface area contributed by atoms with Gasteiger partial charge in [-0.25, -0.2) is 14.6 Å². The molecule has 0 bridgehead atoms. The maximum atomic E-state index is 11.6. The molecule has 0 spiro atoms. The van der Waals surface area contributed by atoms with E-state index >= 15 is 0 Å². The fourth-order valence-corrected chi connectivity index (χ4v) is 1.52. The van der Waals surface area contributed by atoms with Crippen molar-refractivity contribution in [1.29, 1.82) is 0 Å². The first kappa shape index (κ1) is 16.7. The number of nitrogens with zero attached hydrogens (tertiary/aromatic N) is 1. The van der Waals surface area contributed by atoms with Gasteiger partial charge < -0.3 is 25.2 Å². The van der Waals surface area contributed by atoms with Gasteiger partial charge in [-0.05, 0) is 5.56 Å². The lowest BCUT2D eigenvalue weighted by Crippen LogP contribution is -2.46. The number of ether oxygens (including phenoxy) is 2. The van der Waals surface area contributed by atoms with E-state index in [-0.39, 0.29) is 19.6 Å². The Hall–Kier alpha value is -2.35. The van der Waals surface area contributed by atoms with E-state index in [4.69, 9.17) is 14.6 Å². The first-order valence-electron chi connectivity index (χ1n) is 6.32. The van der Waals surface area contributed by atoms with Crippen molar-refractivity contribution < 1.29 is 24.2 Å². The molecule has 0 radical (unpaired) electrons. The molecule has 0 aromatic carbocycles. The first-order valence-corrected chi connectivity index (χ1v) is 6.32. The molecule has 0 aliphatic rings. The maximum Gasteiger partial charge on any atom is 0.326 e. The normalized spacial score (nSPS) is 11.5. The predicted octanol–water partition coefficient (Wildman–Crippen LogP) is 0.379. The Morgan fingerprint density at radius 2 is 2.14 bits per heavy atom. The number of aliphatic carboxylic acids is 1. The summed E-state index contributed by atoms with van der Waals surface area (Å²) in [5.41, 5.74) is 0.773. The van der Waals surface area contributed by atoms with Gasteiger partial charge in [0.25, 0.3) is 0 Å². The van der Waals surface area contributed by atoms with E-state index in [2.05, 4.69) is 15.6 Å². The fourth-order valence-electron chi connectivity index (χ4n) is 1.52. The second kappa shape index (κ2) is 8.75. The Morgan fingerprint density at radius 3 is 2.67 bits per heavy atom. The molecule has 0 aliphatic carbocycles. The van der Waals surface area contributed by atoms with Gasteiger partial charge in [0.2, 0.25) is 5.88 Å². The van der Waals surface area contributed by atoms with Crippen LogP contribution in [0.1, 0.15) is 12.0 Å². The Balaban J connectivity index is 2.42. The number of rotatable bonds is 8. The van der Waals surface area contributed by atoms with Gasteiger partial charge in [0.05, 0.1) is 7.11 Å². The molecular weight excluding hydrogens is 278 g/mol. The molecule has 116 valence electrons. The zero-order chi connectivity index (χ0) is 15.7. The van der Waals surface area contributed by atoms with Crippen molar-refractivity contribution in [3.05, 3.63) is 23.9 Å².